The second kappa shape index (κ2) is 8.11. The molecule has 0 aromatic heterocycles. The molecule has 24 heavy (non-hydrogen) atoms. The molecule has 0 fully saturated rings. The molecule has 2 aromatic rings. The van der Waals surface area contributed by atoms with Crippen molar-refractivity contribution in [3.8, 4) is 11.5 Å². The van der Waals surface area contributed by atoms with E-state index in [-0.39, 0.29) is 17.9 Å². The van der Waals surface area contributed by atoms with Gasteiger partial charge in [0.2, 0.25) is 0 Å². The third-order valence-electron chi connectivity index (χ3n) is 3.39. The second-order valence-corrected chi connectivity index (χ2v) is 5.47. The lowest BCUT2D eigenvalue weighted by Crippen LogP contribution is -2.01. The van der Waals surface area contributed by atoms with E-state index in [0.29, 0.717) is 11.5 Å². The van der Waals surface area contributed by atoms with Crippen LogP contribution in [0.4, 0.5) is 0 Å². The molecule has 0 amide bonds. The molecule has 0 heterocycles. The van der Waals surface area contributed by atoms with Crippen molar-refractivity contribution in [2.45, 2.75) is 26.7 Å². The average Bonchev–Trinajstić information content (AvgIpc) is 2.53. The van der Waals surface area contributed by atoms with Crippen LogP contribution in [0.2, 0.25) is 0 Å². The van der Waals surface area contributed by atoms with Crippen LogP contribution in [0.5, 0.6) is 11.5 Å². The van der Waals surface area contributed by atoms with E-state index in [1.54, 1.807) is 24.3 Å². The zero-order chi connectivity index (χ0) is 17.5. The number of hydrogen-bond acceptors (Lipinski definition) is 4. The van der Waals surface area contributed by atoms with Gasteiger partial charge >= 0.3 is 11.9 Å². The molecular weight excluding hydrogens is 304 g/mol. The molecule has 0 saturated heterocycles. The fourth-order valence-electron chi connectivity index (χ4n) is 2.18. The number of hydrogen-bond donors (Lipinski definition) is 0. The maximum atomic E-state index is 10.9. The maximum Gasteiger partial charge on any atom is 0.308 e. The van der Waals surface area contributed by atoms with Gasteiger partial charge in [-0.1, -0.05) is 43.3 Å². The summed E-state index contributed by atoms with van der Waals surface area (Å²) >= 11 is 0. The minimum absolute atomic E-state index is 0.213. The topological polar surface area (TPSA) is 52.6 Å². The van der Waals surface area contributed by atoms with Gasteiger partial charge in [-0.05, 0) is 41.3 Å². The third kappa shape index (κ3) is 5.39. The van der Waals surface area contributed by atoms with Gasteiger partial charge in [-0.3, -0.25) is 9.59 Å². The molecule has 4 heteroatoms. The van der Waals surface area contributed by atoms with Crippen LogP contribution in [0.1, 0.15) is 37.8 Å². The minimum Gasteiger partial charge on any atom is -0.427 e. The number of carbonyl (C=O) groups is 2. The van der Waals surface area contributed by atoms with E-state index >= 15 is 0 Å². The van der Waals surface area contributed by atoms with Crippen molar-refractivity contribution in [1.29, 1.82) is 0 Å². The van der Waals surface area contributed by atoms with Gasteiger partial charge in [0.25, 0.3) is 0 Å². The molecule has 0 aliphatic carbocycles. The molecule has 0 saturated carbocycles. The van der Waals surface area contributed by atoms with Gasteiger partial charge in [0.15, 0.2) is 0 Å². The monoisotopic (exact) mass is 324 g/mol. The van der Waals surface area contributed by atoms with Gasteiger partial charge < -0.3 is 9.47 Å². The van der Waals surface area contributed by atoms with Crippen LogP contribution in [0.15, 0.2) is 54.6 Å². The van der Waals surface area contributed by atoms with Gasteiger partial charge in [-0.25, -0.2) is 0 Å². The van der Waals surface area contributed by atoms with Gasteiger partial charge in [0, 0.05) is 13.8 Å². The zero-order valence-electron chi connectivity index (χ0n) is 14.0. The summed E-state index contributed by atoms with van der Waals surface area (Å²) in [6, 6.07) is 14.8. The first-order valence-electron chi connectivity index (χ1n) is 7.69. The lowest BCUT2D eigenvalue weighted by molar-refractivity contribution is -0.132. The maximum absolute atomic E-state index is 10.9. The molecular formula is C20H20O4. The Labute approximate surface area is 141 Å². The Morgan fingerprint density at radius 3 is 1.75 bits per heavy atom. The Balaban J connectivity index is 2.00. The van der Waals surface area contributed by atoms with Crippen molar-refractivity contribution in [3.63, 3.8) is 0 Å². The van der Waals surface area contributed by atoms with Gasteiger partial charge in [-0.2, -0.15) is 0 Å². The first kappa shape index (κ1) is 17.5. The Morgan fingerprint density at radius 1 is 0.833 bits per heavy atom. The van der Waals surface area contributed by atoms with Crippen molar-refractivity contribution in [2.24, 2.45) is 0 Å². The Bertz CT molecular complexity index is 727. The summed E-state index contributed by atoms with van der Waals surface area (Å²) in [7, 11) is 0. The van der Waals surface area contributed by atoms with E-state index < -0.39 is 0 Å². The molecule has 1 atom stereocenters. The molecule has 2 rings (SSSR count). The third-order valence-corrected chi connectivity index (χ3v) is 3.39. The fourth-order valence-corrected chi connectivity index (χ4v) is 2.18. The highest BCUT2D eigenvalue weighted by Crippen LogP contribution is 2.22. The van der Waals surface area contributed by atoms with Crippen molar-refractivity contribution < 1.29 is 19.1 Å². The number of allylic oxidation sites excluding steroid dienone is 1. The highest BCUT2D eigenvalue weighted by molar-refractivity contribution is 5.69. The Hall–Kier alpha value is -2.88. The zero-order valence-corrected chi connectivity index (χ0v) is 14.0. The Kier molecular flexibility index (Phi) is 5.90. The molecule has 4 nitrogen and oxygen atoms in total. The molecule has 0 spiro atoms. The van der Waals surface area contributed by atoms with Crippen molar-refractivity contribution in [1.82, 2.24) is 0 Å². The number of esters is 2. The number of ether oxygens (including phenoxy) is 2. The van der Waals surface area contributed by atoms with Crippen molar-refractivity contribution >= 4 is 18.0 Å². The van der Waals surface area contributed by atoms with Crippen LogP contribution in [0, 0.1) is 0 Å². The van der Waals surface area contributed by atoms with Gasteiger partial charge in [0.05, 0.1) is 0 Å². The summed E-state index contributed by atoms with van der Waals surface area (Å²) in [4.78, 5) is 21.8. The highest BCUT2D eigenvalue weighted by Gasteiger charge is 2.03. The normalized spacial score (nSPS) is 12.0. The second-order valence-electron chi connectivity index (χ2n) is 5.47. The van der Waals surface area contributed by atoms with Crippen LogP contribution in [-0.2, 0) is 9.59 Å². The molecule has 1 unspecified atom stereocenters. The summed E-state index contributed by atoms with van der Waals surface area (Å²) in [6.45, 7) is 4.85. The summed E-state index contributed by atoms with van der Waals surface area (Å²) in [5.41, 5.74) is 2.15. The van der Waals surface area contributed by atoms with E-state index in [4.69, 9.17) is 9.47 Å². The minimum atomic E-state index is -0.330. The summed E-state index contributed by atoms with van der Waals surface area (Å²) < 4.78 is 10.0. The van der Waals surface area contributed by atoms with E-state index in [1.165, 1.54) is 13.8 Å². The number of rotatable bonds is 5. The fraction of sp³-hybridized carbons (Fsp3) is 0.200. The van der Waals surface area contributed by atoms with Gasteiger partial charge in [0.1, 0.15) is 11.5 Å². The molecule has 0 N–H and O–H groups in total. The molecule has 2 aromatic carbocycles. The van der Waals surface area contributed by atoms with E-state index in [9.17, 15) is 9.59 Å². The van der Waals surface area contributed by atoms with Crippen LogP contribution >= 0.6 is 0 Å². The number of carbonyl (C=O) groups excluding carboxylic acids is 2. The molecule has 0 aliphatic rings. The van der Waals surface area contributed by atoms with Crippen molar-refractivity contribution in [2.75, 3.05) is 0 Å². The van der Waals surface area contributed by atoms with Crippen LogP contribution in [-0.4, -0.2) is 11.9 Å². The quantitative estimate of drug-likeness (QED) is 0.606. The first-order valence-corrected chi connectivity index (χ1v) is 7.69. The summed E-state index contributed by atoms with van der Waals surface area (Å²) in [6.07, 6.45) is 4.10. The van der Waals surface area contributed by atoms with Crippen LogP contribution < -0.4 is 9.47 Å². The van der Waals surface area contributed by atoms with E-state index in [2.05, 4.69) is 13.0 Å². The summed E-state index contributed by atoms with van der Waals surface area (Å²) in [5.74, 6) is 0.638. The predicted molar refractivity (Wildman–Crippen MR) is 93.0 cm³/mol. The lowest BCUT2D eigenvalue weighted by atomic mass is 10.00. The number of benzene rings is 2. The van der Waals surface area contributed by atoms with Crippen molar-refractivity contribution in [3.05, 3.63) is 65.7 Å². The van der Waals surface area contributed by atoms with E-state index in [1.807, 2.05) is 30.3 Å². The smallest absolute Gasteiger partial charge is 0.308 e. The average molecular weight is 324 g/mol. The van der Waals surface area contributed by atoms with Gasteiger partial charge in [-0.15, -0.1) is 0 Å². The molecule has 124 valence electrons. The lowest BCUT2D eigenvalue weighted by Gasteiger charge is -2.08. The summed E-state index contributed by atoms with van der Waals surface area (Å²) in [5, 5.41) is 0. The van der Waals surface area contributed by atoms with E-state index in [0.717, 1.165) is 11.1 Å². The largest absolute Gasteiger partial charge is 0.427 e. The standard InChI is InChI=1S/C20H20O4/c1-14(18-8-12-20(13-9-18)24-16(3)22)4-5-17-6-10-19(11-7-17)23-15(2)21/h4-14H,1-3H3. The SMILES string of the molecule is CC(=O)Oc1ccc(C=CC(C)c2ccc(OC(C)=O)cc2)cc1. The van der Waals surface area contributed by atoms with Crippen LogP contribution in [0.3, 0.4) is 0 Å². The highest BCUT2D eigenvalue weighted by atomic mass is 16.5. The Morgan fingerprint density at radius 2 is 1.29 bits per heavy atom. The first-order chi connectivity index (χ1) is 11.4. The predicted octanol–water partition coefficient (Wildman–Crippen LogP) is 4.35. The van der Waals surface area contributed by atoms with Crippen LogP contribution in [0.25, 0.3) is 6.08 Å². The molecule has 0 bridgehead atoms. The molecule has 0 aliphatic heterocycles. The molecule has 0 radical (unpaired) electrons.